The highest BCUT2D eigenvalue weighted by Gasteiger charge is 2.15. The monoisotopic (exact) mass is 410 g/mol. The van der Waals surface area contributed by atoms with Crippen molar-refractivity contribution < 1.29 is 0 Å². The summed E-state index contributed by atoms with van der Waals surface area (Å²) >= 11 is 0. The van der Waals surface area contributed by atoms with Crippen LogP contribution in [-0.2, 0) is 6.42 Å². The zero-order valence-corrected chi connectivity index (χ0v) is 17.7. The standard InChI is InChI=1S/C30H22N2/c1-2-8-22(9-3-1)32-29-13-7-5-11-24(29)25-16-14-21(19-30(25)32)20-15-17-28-26(18-20)23-10-4-6-12-27(23)31-28/h1-5,7-11,13-19,31H,6,12H2. The quantitative estimate of drug-likeness (QED) is 0.300. The molecule has 2 heteroatoms. The van der Waals surface area contributed by atoms with Gasteiger partial charge in [-0.15, -0.1) is 0 Å². The van der Waals surface area contributed by atoms with Gasteiger partial charge in [-0.3, -0.25) is 0 Å². The summed E-state index contributed by atoms with van der Waals surface area (Å²) in [5, 5.41) is 3.89. The highest BCUT2D eigenvalue weighted by Crippen LogP contribution is 2.36. The number of hydrogen-bond acceptors (Lipinski definition) is 0. The molecule has 0 fully saturated rings. The van der Waals surface area contributed by atoms with Crippen molar-refractivity contribution in [2.45, 2.75) is 12.8 Å². The van der Waals surface area contributed by atoms with E-state index in [9.17, 15) is 0 Å². The average Bonchev–Trinajstić information content (AvgIpc) is 3.39. The van der Waals surface area contributed by atoms with Crippen molar-refractivity contribution >= 4 is 38.8 Å². The Morgan fingerprint density at radius 2 is 1.44 bits per heavy atom. The van der Waals surface area contributed by atoms with Crippen LogP contribution in [0.15, 0.2) is 97.1 Å². The largest absolute Gasteiger partial charge is 0.358 e. The molecule has 2 aromatic heterocycles. The smallest absolute Gasteiger partial charge is 0.0547 e. The summed E-state index contributed by atoms with van der Waals surface area (Å²) in [6.45, 7) is 0. The highest BCUT2D eigenvalue weighted by molar-refractivity contribution is 6.10. The van der Waals surface area contributed by atoms with Gasteiger partial charge in [-0.1, -0.05) is 66.7 Å². The van der Waals surface area contributed by atoms with Crippen LogP contribution in [0, 0.1) is 0 Å². The Kier molecular flexibility index (Phi) is 3.71. The van der Waals surface area contributed by atoms with Gasteiger partial charge in [0.05, 0.1) is 11.0 Å². The molecule has 1 aliphatic carbocycles. The zero-order chi connectivity index (χ0) is 21.1. The van der Waals surface area contributed by atoms with Gasteiger partial charge < -0.3 is 9.55 Å². The molecule has 0 bridgehead atoms. The van der Waals surface area contributed by atoms with Crippen LogP contribution >= 0.6 is 0 Å². The van der Waals surface area contributed by atoms with E-state index in [1.807, 2.05) is 0 Å². The summed E-state index contributed by atoms with van der Waals surface area (Å²) in [6, 6.07) is 33.0. The normalized spacial score (nSPS) is 13.2. The Balaban J connectivity index is 1.49. The Bertz CT molecular complexity index is 1660. The van der Waals surface area contributed by atoms with E-state index in [4.69, 9.17) is 0 Å². The Morgan fingerprint density at radius 1 is 0.656 bits per heavy atom. The maximum Gasteiger partial charge on any atom is 0.0547 e. The molecule has 2 nitrogen and oxygen atoms in total. The molecule has 0 spiro atoms. The molecule has 0 aliphatic heterocycles. The van der Waals surface area contributed by atoms with Gasteiger partial charge in [0.1, 0.15) is 0 Å². The minimum Gasteiger partial charge on any atom is -0.358 e. The minimum atomic E-state index is 1.10. The number of hydrogen-bond donors (Lipinski definition) is 1. The number of aryl methyl sites for hydroxylation is 1. The number of aromatic amines is 1. The van der Waals surface area contributed by atoms with Crippen molar-refractivity contribution in [1.29, 1.82) is 0 Å². The number of nitrogens with zero attached hydrogens (tertiary/aromatic N) is 1. The van der Waals surface area contributed by atoms with Crippen LogP contribution < -0.4 is 0 Å². The van der Waals surface area contributed by atoms with Crippen LogP contribution in [0.3, 0.4) is 0 Å². The molecule has 0 saturated carbocycles. The molecule has 7 rings (SSSR count). The first-order valence-corrected chi connectivity index (χ1v) is 11.3. The van der Waals surface area contributed by atoms with Crippen LogP contribution in [0.1, 0.15) is 17.7 Å². The van der Waals surface area contributed by atoms with Crippen LogP contribution in [-0.4, -0.2) is 9.55 Å². The van der Waals surface area contributed by atoms with Crippen molar-refractivity contribution in [1.82, 2.24) is 9.55 Å². The van der Waals surface area contributed by atoms with E-state index >= 15 is 0 Å². The molecule has 1 aliphatic rings. The van der Waals surface area contributed by atoms with E-state index in [0.717, 1.165) is 12.8 Å². The predicted molar refractivity (Wildman–Crippen MR) is 135 cm³/mol. The second-order valence-electron chi connectivity index (χ2n) is 8.64. The van der Waals surface area contributed by atoms with Gasteiger partial charge in [-0.05, 0) is 60.4 Å². The Labute approximate surface area is 186 Å². The van der Waals surface area contributed by atoms with Gasteiger partial charge in [0, 0.05) is 38.6 Å². The lowest BCUT2D eigenvalue weighted by Crippen LogP contribution is -1.93. The molecule has 0 radical (unpaired) electrons. The summed E-state index contributed by atoms with van der Waals surface area (Å²) < 4.78 is 2.38. The zero-order valence-electron chi connectivity index (χ0n) is 17.7. The van der Waals surface area contributed by atoms with Crippen molar-refractivity contribution in [3.05, 3.63) is 108 Å². The van der Waals surface area contributed by atoms with E-state index in [-0.39, 0.29) is 0 Å². The van der Waals surface area contributed by atoms with E-state index in [2.05, 4.69) is 113 Å². The Hall–Kier alpha value is -4.04. The molecule has 32 heavy (non-hydrogen) atoms. The molecular formula is C30H22N2. The number of rotatable bonds is 2. The summed E-state index contributed by atoms with van der Waals surface area (Å²) in [7, 11) is 0. The minimum absolute atomic E-state index is 1.10. The van der Waals surface area contributed by atoms with Crippen LogP contribution in [0.4, 0.5) is 0 Å². The van der Waals surface area contributed by atoms with Gasteiger partial charge in [-0.2, -0.15) is 0 Å². The molecule has 6 aromatic rings. The second-order valence-corrected chi connectivity index (χ2v) is 8.64. The van der Waals surface area contributed by atoms with Gasteiger partial charge in [0.25, 0.3) is 0 Å². The third-order valence-electron chi connectivity index (χ3n) is 6.79. The van der Waals surface area contributed by atoms with E-state index < -0.39 is 0 Å². The fourth-order valence-corrected chi connectivity index (χ4v) is 5.27. The summed E-state index contributed by atoms with van der Waals surface area (Å²) in [5.74, 6) is 0. The van der Waals surface area contributed by atoms with Gasteiger partial charge in [-0.25, -0.2) is 0 Å². The first-order chi connectivity index (χ1) is 15.9. The highest BCUT2D eigenvalue weighted by atomic mass is 15.0. The maximum atomic E-state index is 3.62. The molecule has 1 N–H and O–H groups in total. The number of para-hydroxylation sites is 2. The Morgan fingerprint density at radius 3 is 2.38 bits per heavy atom. The number of benzene rings is 4. The average molecular weight is 411 g/mol. The van der Waals surface area contributed by atoms with Gasteiger partial charge >= 0.3 is 0 Å². The van der Waals surface area contributed by atoms with Gasteiger partial charge in [0.2, 0.25) is 0 Å². The third kappa shape index (κ3) is 2.53. The molecule has 4 aromatic carbocycles. The number of H-pyrrole nitrogens is 1. The SMILES string of the molecule is C1=Cc2c([nH]c3ccc(-c4ccc5c6ccccc6n(-c6ccccc6)c5c4)cc23)CC1. The number of nitrogens with one attached hydrogen (secondary N) is 1. The molecular weight excluding hydrogens is 388 g/mol. The molecule has 0 unspecified atom stereocenters. The van der Waals surface area contributed by atoms with Crippen molar-refractivity contribution in [2.75, 3.05) is 0 Å². The maximum absolute atomic E-state index is 3.62. The number of allylic oxidation sites excluding steroid dienone is 1. The summed E-state index contributed by atoms with van der Waals surface area (Å²) in [5.41, 5.74) is 10.1. The van der Waals surface area contributed by atoms with Gasteiger partial charge in [0.15, 0.2) is 0 Å². The van der Waals surface area contributed by atoms with Crippen molar-refractivity contribution in [3.8, 4) is 16.8 Å². The predicted octanol–water partition coefficient (Wildman–Crippen LogP) is 7.89. The molecule has 0 amide bonds. The number of aromatic nitrogens is 2. The lowest BCUT2D eigenvalue weighted by molar-refractivity contribution is 0.951. The van der Waals surface area contributed by atoms with E-state index in [0.29, 0.717) is 0 Å². The summed E-state index contributed by atoms with van der Waals surface area (Å²) in [4.78, 5) is 3.62. The van der Waals surface area contributed by atoms with Crippen molar-refractivity contribution in [3.63, 3.8) is 0 Å². The topological polar surface area (TPSA) is 20.7 Å². The second kappa shape index (κ2) is 6.73. The first kappa shape index (κ1) is 17.6. The van der Waals surface area contributed by atoms with Crippen LogP contribution in [0.25, 0.3) is 55.6 Å². The molecule has 2 heterocycles. The third-order valence-corrected chi connectivity index (χ3v) is 6.79. The van der Waals surface area contributed by atoms with E-state index in [1.165, 1.54) is 60.8 Å². The molecule has 152 valence electrons. The first-order valence-electron chi connectivity index (χ1n) is 11.3. The van der Waals surface area contributed by atoms with Crippen LogP contribution in [0.5, 0.6) is 0 Å². The number of fused-ring (bicyclic) bond motifs is 6. The lowest BCUT2D eigenvalue weighted by atomic mass is 9.98. The fraction of sp³-hybridized carbons (Fsp3) is 0.0667. The molecule has 0 saturated heterocycles. The molecule has 0 atom stereocenters. The lowest BCUT2D eigenvalue weighted by Gasteiger charge is -2.09. The summed E-state index contributed by atoms with van der Waals surface area (Å²) in [6.07, 6.45) is 6.77. The van der Waals surface area contributed by atoms with Crippen molar-refractivity contribution in [2.24, 2.45) is 0 Å². The fourth-order valence-electron chi connectivity index (χ4n) is 5.27. The van der Waals surface area contributed by atoms with E-state index in [1.54, 1.807) is 0 Å². The van der Waals surface area contributed by atoms with Crippen LogP contribution in [0.2, 0.25) is 0 Å².